The topological polar surface area (TPSA) is 76.1 Å². The zero-order chi connectivity index (χ0) is 18.2. The highest BCUT2D eigenvalue weighted by Crippen LogP contribution is 2.23. The van der Waals surface area contributed by atoms with E-state index in [-0.39, 0.29) is 6.03 Å². The number of amides is 2. The van der Waals surface area contributed by atoms with Crippen molar-refractivity contribution < 1.29 is 9.53 Å². The number of anilines is 1. The number of hydrogen-bond donors (Lipinski definition) is 2. The van der Waals surface area contributed by atoms with E-state index in [0.717, 1.165) is 16.8 Å². The third-order valence-electron chi connectivity index (χ3n) is 3.67. The average Bonchev–Trinajstić information content (AvgIpc) is 2.69. The van der Waals surface area contributed by atoms with Gasteiger partial charge in [-0.3, -0.25) is 9.97 Å². The Balaban J connectivity index is 1.62. The van der Waals surface area contributed by atoms with Crippen LogP contribution in [0.15, 0.2) is 67.1 Å². The lowest BCUT2D eigenvalue weighted by Gasteiger charge is -2.12. The molecule has 6 nitrogen and oxygen atoms in total. The Hall–Kier alpha value is -3.41. The minimum atomic E-state index is -0.295. The first-order valence-corrected chi connectivity index (χ1v) is 8.38. The number of rotatable bonds is 6. The first-order valence-electron chi connectivity index (χ1n) is 8.38. The highest BCUT2D eigenvalue weighted by molar-refractivity contribution is 5.90. The molecule has 2 amide bonds. The molecule has 6 heteroatoms. The number of aromatic nitrogens is 2. The molecular formula is C20H20N4O2. The average molecular weight is 348 g/mol. The quantitative estimate of drug-likeness (QED) is 0.709. The van der Waals surface area contributed by atoms with Gasteiger partial charge in [-0.2, -0.15) is 0 Å². The largest absolute Gasteiger partial charge is 0.492 e. The van der Waals surface area contributed by atoms with Gasteiger partial charge in [-0.1, -0.05) is 12.1 Å². The first kappa shape index (κ1) is 17.4. The predicted octanol–water partition coefficient (Wildman–Crippen LogP) is 3.86. The van der Waals surface area contributed by atoms with Crippen molar-refractivity contribution in [2.24, 2.45) is 0 Å². The number of nitrogens with one attached hydrogen (secondary N) is 2. The molecule has 2 aromatic heterocycles. The fraction of sp³-hybridized carbons (Fsp3) is 0.150. The molecule has 0 saturated carbocycles. The van der Waals surface area contributed by atoms with Crippen molar-refractivity contribution in [2.45, 2.75) is 13.5 Å². The van der Waals surface area contributed by atoms with E-state index >= 15 is 0 Å². The van der Waals surface area contributed by atoms with Gasteiger partial charge >= 0.3 is 6.03 Å². The van der Waals surface area contributed by atoms with Crippen molar-refractivity contribution in [2.75, 3.05) is 11.9 Å². The number of hydrogen-bond acceptors (Lipinski definition) is 4. The second-order valence-electron chi connectivity index (χ2n) is 5.53. The van der Waals surface area contributed by atoms with Gasteiger partial charge in [-0.15, -0.1) is 0 Å². The summed E-state index contributed by atoms with van der Waals surface area (Å²) in [6.45, 7) is 2.83. The molecule has 26 heavy (non-hydrogen) atoms. The lowest BCUT2D eigenvalue weighted by Crippen LogP contribution is -2.28. The van der Waals surface area contributed by atoms with Crippen LogP contribution in [0.5, 0.6) is 5.75 Å². The van der Waals surface area contributed by atoms with Crippen molar-refractivity contribution in [3.63, 3.8) is 0 Å². The van der Waals surface area contributed by atoms with Crippen LogP contribution >= 0.6 is 0 Å². The maximum Gasteiger partial charge on any atom is 0.319 e. The molecule has 0 fully saturated rings. The van der Waals surface area contributed by atoms with Crippen molar-refractivity contribution in [3.8, 4) is 17.0 Å². The molecule has 0 aliphatic carbocycles. The van der Waals surface area contributed by atoms with Gasteiger partial charge in [0.25, 0.3) is 0 Å². The number of nitrogens with zero attached hydrogens (tertiary/aromatic N) is 2. The highest BCUT2D eigenvalue weighted by atomic mass is 16.5. The Morgan fingerprint density at radius 2 is 2.00 bits per heavy atom. The van der Waals surface area contributed by atoms with Crippen LogP contribution in [0, 0.1) is 0 Å². The highest BCUT2D eigenvalue weighted by Gasteiger charge is 2.07. The van der Waals surface area contributed by atoms with Crippen molar-refractivity contribution in [1.82, 2.24) is 15.3 Å². The van der Waals surface area contributed by atoms with Crippen LogP contribution in [0.1, 0.15) is 12.5 Å². The molecule has 0 atom stereocenters. The van der Waals surface area contributed by atoms with Gasteiger partial charge in [0.1, 0.15) is 5.75 Å². The lowest BCUT2D eigenvalue weighted by molar-refractivity contribution is 0.251. The van der Waals surface area contributed by atoms with Gasteiger partial charge in [0, 0.05) is 30.7 Å². The molecule has 3 aromatic rings. The fourth-order valence-electron chi connectivity index (χ4n) is 2.46. The monoisotopic (exact) mass is 348 g/mol. The Kier molecular flexibility index (Phi) is 5.77. The molecule has 2 N–H and O–H groups in total. The summed E-state index contributed by atoms with van der Waals surface area (Å²) < 4.78 is 5.51. The molecule has 0 radical (unpaired) electrons. The number of benzene rings is 1. The normalized spacial score (nSPS) is 10.2. The van der Waals surface area contributed by atoms with Gasteiger partial charge in [0.05, 0.1) is 18.0 Å². The summed E-state index contributed by atoms with van der Waals surface area (Å²) in [5.74, 6) is 0.646. The molecule has 1 aromatic carbocycles. The predicted molar refractivity (Wildman–Crippen MR) is 101 cm³/mol. The van der Waals surface area contributed by atoms with Gasteiger partial charge in [0.15, 0.2) is 0 Å². The Morgan fingerprint density at radius 1 is 1.12 bits per heavy atom. The molecule has 0 saturated heterocycles. The maximum atomic E-state index is 12.2. The van der Waals surface area contributed by atoms with E-state index < -0.39 is 0 Å². The third kappa shape index (κ3) is 4.57. The van der Waals surface area contributed by atoms with E-state index in [0.29, 0.717) is 24.6 Å². The summed E-state index contributed by atoms with van der Waals surface area (Å²) in [5, 5.41) is 5.66. The van der Waals surface area contributed by atoms with Crippen LogP contribution in [-0.4, -0.2) is 22.6 Å². The molecule has 0 unspecified atom stereocenters. The Labute approximate surface area is 152 Å². The SMILES string of the molecule is CCOc1ccccc1NC(=O)NCc1ccnc(-c2cccnc2)c1. The van der Waals surface area contributed by atoms with E-state index in [9.17, 15) is 4.79 Å². The second kappa shape index (κ2) is 8.62. The molecule has 0 aliphatic heterocycles. The van der Waals surface area contributed by atoms with E-state index in [2.05, 4.69) is 20.6 Å². The molecule has 2 heterocycles. The zero-order valence-electron chi connectivity index (χ0n) is 14.5. The smallest absolute Gasteiger partial charge is 0.319 e. The van der Waals surface area contributed by atoms with Crippen LogP contribution in [0.25, 0.3) is 11.3 Å². The number of carbonyl (C=O) groups is 1. The van der Waals surface area contributed by atoms with Crippen molar-refractivity contribution in [3.05, 3.63) is 72.7 Å². The Morgan fingerprint density at radius 3 is 2.81 bits per heavy atom. The molecular weight excluding hydrogens is 328 g/mol. The summed E-state index contributed by atoms with van der Waals surface area (Å²) in [6, 6.07) is 14.7. The van der Waals surface area contributed by atoms with Crippen LogP contribution in [0.4, 0.5) is 10.5 Å². The van der Waals surface area contributed by atoms with Crippen molar-refractivity contribution >= 4 is 11.7 Å². The lowest BCUT2D eigenvalue weighted by atomic mass is 10.1. The van der Waals surface area contributed by atoms with Crippen LogP contribution in [0.2, 0.25) is 0 Å². The number of urea groups is 1. The van der Waals surface area contributed by atoms with E-state index in [1.807, 2.05) is 49.4 Å². The molecule has 132 valence electrons. The van der Waals surface area contributed by atoms with Gasteiger partial charge < -0.3 is 15.4 Å². The Bertz CT molecular complexity index is 868. The van der Waals surface area contributed by atoms with Crippen LogP contribution in [-0.2, 0) is 6.54 Å². The molecule has 0 aliphatic rings. The van der Waals surface area contributed by atoms with Gasteiger partial charge in [-0.05, 0) is 48.9 Å². The zero-order valence-corrected chi connectivity index (χ0v) is 14.5. The number of carbonyl (C=O) groups excluding carboxylic acids is 1. The summed E-state index contributed by atoms with van der Waals surface area (Å²) in [4.78, 5) is 20.6. The minimum Gasteiger partial charge on any atom is -0.492 e. The van der Waals surface area contributed by atoms with E-state index in [4.69, 9.17) is 4.74 Å². The molecule has 0 spiro atoms. The number of para-hydroxylation sites is 2. The van der Waals surface area contributed by atoms with Crippen LogP contribution < -0.4 is 15.4 Å². The standard InChI is InChI=1S/C20H20N4O2/c1-2-26-19-8-4-3-7-17(19)24-20(25)23-13-15-9-11-22-18(12-15)16-6-5-10-21-14-16/h3-12,14H,2,13H2,1H3,(H2,23,24,25). The summed E-state index contributed by atoms with van der Waals surface area (Å²) in [5.41, 5.74) is 3.34. The molecule has 0 bridgehead atoms. The second-order valence-corrected chi connectivity index (χ2v) is 5.53. The first-order chi connectivity index (χ1) is 12.8. The maximum absolute atomic E-state index is 12.2. The third-order valence-corrected chi connectivity index (χ3v) is 3.67. The van der Waals surface area contributed by atoms with Gasteiger partial charge in [-0.25, -0.2) is 4.79 Å². The van der Waals surface area contributed by atoms with Crippen LogP contribution in [0.3, 0.4) is 0 Å². The van der Waals surface area contributed by atoms with Gasteiger partial charge in [0.2, 0.25) is 0 Å². The van der Waals surface area contributed by atoms with Crippen molar-refractivity contribution in [1.29, 1.82) is 0 Å². The number of ether oxygens (including phenoxy) is 1. The summed E-state index contributed by atoms with van der Waals surface area (Å²) in [6.07, 6.45) is 5.21. The summed E-state index contributed by atoms with van der Waals surface area (Å²) >= 11 is 0. The number of pyridine rings is 2. The van der Waals surface area contributed by atoms with E-state index in [1.165, 1.54) is 0 Å². The fourth-order valence-corrected chi connectivity index (χ4v) is 2.46. The summed E-state index contributed by atoms with van der Waals surface area (Å²) in [7, 11) is 0. The molecule has 3 rings (SSSR count). The minimum absolute atomic E-state index is 0.295. The van der Waals surface area contributed by atoms with E-state index in [1.54, 1.807) is 24.7 Å².